The predicted molar refractivity (Wildman–Crippen MR) is 148 cm³/mol. The van der Waals surface area contributed by atoms with Crippen molar-refractivity contribution in [3.8, 4) is 17.1 Å². The molecule has 0 saturated heterocycles. The number of hydrogen-bond acceptors (Lipinski definition) is 5. The van der Waals surface area contributed by atoms with Crippen LogP contribution in [-0.2, 0) is 4.74 Å². The molecule has 0 amide bonds. The van der Waals surface area contributed by atoms with Crippen LogP contribution in [0.5, 0.6) is 0 Å². The Morgan fingerprint density at radius 2 is 1.76 bits per heavy atom. The van der Waals surface area contributed by atoms with Gasteiger partial charge in [-0.25, -0.2) is 4.98 Å². The van der Waals surface area contributed by atoms with E-state index < -0.39 is 0 Å². The summed E-state index contributed by atoms with van der Waals surface area (Å²) in [7, 11) is 1.81. The topological polar surface area (TPSA) is 64.3 Å². The molecule has 6 rings (SSSR count). The fourth-order valence-electron chi connectivity index (χ4n) is 5.48. The van der Waals surface area contributed by atoms with Gasteiger partial charge in [-0.2, -0.15) is 0 Å². The summed E-state index contributed by atoms with van der Waals surface area (Å²) in [4.78, 5) is 14.9. The monoisotopic (exact) mass is 491 g/mol. The number of benzene rings is 2. The Morgan fingerprint density at radius 1 is 0.946 bits per heavy atom. The third-order valence-electron chi connectivity index (χ3n) is 7.51. The van der Waals surface area contributed by atoms with Crippen molar-refractivity contribution in [2.75, 3.05) is 12.4 Å². The minimum Gasteiger partial charge on any atom is -0.381 e. The zero-order chi connectivity index (χ0) is 25.2. The number of nitrogens with one attached hydrogen (secondary N) is 1. The number of rotatable bonds is 5. The van der Waals surface area contributed by atoms with Crippen LogP contribution in [0.25, 0.3) is 29.2 Å². The summed E-state index contributed by atoms with van der Waals surface area (Å²) >= 11 is 0. The summed E-state index contributed by atoms with van der Waals surface area (Å²) in [6.45, 7) is 2.02. The van der Waals surface area contributed by atoms with Crippen LogP contribution in [0.15, 0.2) is 65.8 Å². The molecule has 0 unspecified atom stereocenters. The second-order valence-electron chi connectivity index (χ2n) is 9.95. The summed E-state index contributed by atoms with van der Waals surface area (Å²) < 4.78 is 7.94. The lowest BCUT2D eigenvalue weighted by Crippen LogP contribution is -2.40. The quantitative estimate of drug-likeness (QED) is 0.442. The van der Waals surface area contributed by atoms with E-state index in [-0.39, 0.29) is 6.04 Å². The number of aryl methyl sites for hydroxylation is 1. The highest BCUT2D eigenvalue weighted by Gasteiger charge is 2.21. The Morgan fingerprint density at radius 3 is 2.54 bits per heavy atom. The molecule has 0 atom stereocenters. The van der Waals surface area contributed by atoms with Gasteiger partial charge in [0.25, 0.3) is 0 Å². The normalized spacial score (nSPS) is 19.7. The molecule has 1 N–H and O–H groups in total. The molecule has 1 fully saturated rings. The van der Waals surface area contributed by atoms with E-state index in [2.05, 4.69) is 75.6 Å². The molecule has 6 heteroatoms. The number of aromatic nitrogens is 3. The van der Waals surface area contributed by atoms with Crippen LogP contribution in [-0.4, -0.2) is 33.8 Å². The van der Waals surface area contributed by atoms with Crippen molar-refractivity contribution in [3.63, 3.8) is 0 Å². The average Bonchev–Trinajstić information content (AvgIpc) is 2.94. The second-order valence-corrected chi connectivity index (χ2v) is 9.95. The number of fused-ring (bicyclic) bond motifs is 2. The van der Waals surface area contributed by atoms with E-state index in [9.17, 15) is 0 Å². The van der Waals surface area contributed by atoms with Crippen molar-refractivity contribution in [1.82, 2.24) is 14.5 Å². The highest BCUT2D eigenvalue weighted by molar-refractivity contribution is 5.71. The second kappa shape index (κ2) is 10.3. The van der Waals surface area contributed by atoms with Gasteiger partial charge in [-0.1, -0.05) is 30.4 Å². The SMILES string of the molecule is COC1CCC(N=c2cc3n(-c4ccccc4)c4c(nc-3cc2Nc2cccnc2C)=CCCC=4)CC1. The van der Waals surface area contributed by atoms with E-state index >= 15 is 0 Å². The van der Waals surface area contributed by atoms with Crippen LogP contribution < -0.4 is 21.4 Å². The smallest absolute Gasteiger partial charge is 0.0900 e. The first kappa shape index (κ1) is 23.6. The van der Waals surface area contributed by atoms with Crippen molar-refractivity contribution in [3.05, 3.63) is 82.5 Å². The highest BCUT2D eigenvalue weighted by atomic mass is 16.5. The maximum Gasteiger partial charge on any atom is 0.0900 e. The Balaban J connectivity index is 1.58. The van der Waals surface area contributed by atoms with Crippen LogP contribution in [0.3, 0.4) is 0 Å². The van der Waals surface area contributed by atoms with Gasteiger partial charge in [0.1, 0.15) is 0 Å². The van der Waals surface area contributed by atoms with Gasteiger partial charge in [0.2, 0.25) is 0 Å². The minimum atomic E-state index is 0.273. The molecular weight excluding hydrogens is 458 g/mol. The third kappa shape index (κ3) is 4.81. The van der Waals surface area contributed by atoms with Crippen molar-refractivity contribution in [2.45, 2.75) is 57.6 Å². The van der Waals surface area contributed by atoms with Crippen molar-refractivity contribution < 1.29 is 4.74 Å². The van der Waals surface area contributed by atoms with Gasteiger partial charge < -0.3 is 14.6 Å². The predicted octanol–water partition coefficient (Wildman–Crippen LogP) is 4.64. The lowest BCUT2D eigenvalue weighted by molar-refractivity contribution is 0.0663. The molecule has 188 valence electrons. The maximum absolute atomic E-state index is 5.60. The van der Waals surface area contributed by atoms with Crippen LogP contribution in [0, 0.1) is 6.92 Å². The van der Waals surface area contributed by atoms with Gasteiger partial charge in [-0.05, 0) is 81.8 Å². The summed E-state index contributed by atoms with van der Waals surface area (Å²) in [5.74, 6) is 0. The van der Waals surface area contributed by atoms with Crippen LogP contribution in [0.1, 0.15) is 44.2 Å². The average molecular weight is 492 g/mol. The fraction of sp³-hybridized carbons (Fsp3) is 0.323. The number of para-hydroxylation sites is 1. The van der Waals surface area contributed by atoms with Gasteiger partial charge in [0, 0.05) is 19.0 Å². The summed E-state index contributed by atoms with van der Waals surface area (Å²) in [5.41, 5.74) is 6.04. The molecule has 0 radical (unpaired) electrons. The van der Waals surface area contributed by atoms with Crippen molar-refractivity contribution in [1.29, 1.82) is 0 Å². The van der Waals surface area contributed by atoms with Gasteiger partial charge >= 0.3 is 0 Å². The molecule has 1 aromatic heterocycles. The van der Waals surface area contributed by atoms with E-state index in [1.165, 1.54) is 0 Å². The van der Waals surface area contributed by atoms with E-state index in [1.54, 1.807) is 0 Å². The van der Waals surface area contributed by atoms with E-state index in [0.717, 1.165) is 88.7 Å². The first-order chi connectivity index (χ1) is 18.2. The summed E-state index contributed by atoms with van der Waals surface area (Å²) in [6.07, 6.45) is 12.9. The summed E-state index contributed by atoms with van der Waals surface area (Å²) in [5, 5.41) is 6.78. The van der Waals surface area contributed by atoms with Crippen LogP contribution >= 0.6 is 0 Å². The molecule has 1 saturated carbocycles. The first-order valence-electron chi connectivity index (χ1n) is 13.3. The zero-order valence-electron chi connectivity index (χ0n) is 21.5. The molecule has 4 aliphatic rings. The maximum atomic E-state index is 5.60. The van der Waals surface area contributed by atoms with Crippen LogP contribution in [0.2, 0.25) is 0 Å². The molecule has 6 nitrogen and oxygen atoms in total. The van der Waals surface area contributed by atoms with Gasteiger partial charge in [-0.15, -0.1) is 0 Å². The van der Waals surface area contributed by atoms with Gasteiger partial charge in [0.05, 0.1) is 56.7 Å². The lowest BCUT2D eigenvalue weighted by Gasteiger charge is -2.25. The van der Waals surface area contributed by atoms with E-state index in [1.807, 2.05) is 26.3 Å². The minimum absolute atomic E-state index is 0.273. The molecule has 2 aromatic rings. The largest absolute Gasteiger partial charge is 0.381 e. The van der Waals surface area contributed by atoms with Crippen molar-refractivity contribution in [2.24, 2.45) is 4.99 Å². The Kier molecular flexibility index (Phi) is 6.58. The number of methoxy groups -OCH3 is 1. The first-order valence-corrected chi connectivity index (χ1v) is 13.3. The highest BCUT2D eigenvalue weighted by Crippen LogP contribution is 2.26. The molecule has 1 aromatic carbocycles. The third-order valence-corrected chi connectivity index (χ3v) is 7.51. The standard InChI is InChI=1S/C31H33N5O/c1-21-25(12-8-18-32-21)34-27-19-29-31(20-28(27)33-22-14-16-24(37-2)17-15-22)36(23-9-4-3-5-10-23)30-13-7-6-11-26(30)35-29/h3-5,8-13,18-20,22,24,34H,6-7,14-17H2,1-2H3. The Labute approximate surface area is 217 Å². The molecule has 3 aliphatic carbocycles. The number of hydrogen-bond donors (Lipinski definition) is 1. The number of pyridine rings is 1. The molecule has 2 heterocycles. The Bertz CT molecular complexity index is 1570. The lowest BCUT2D eigenvalue weighted by atomic mass is 9.93. The molecule has 0 spiro atoms. The van der Waals surface area contributed by atoms with Gasteiger partial charge in [-0.3, -0.25) is 9.98 Å². The van der Waals surface area contributed by atoms with Crippen molar-refractivity contribution >= 4 is 23.5 Å². The fourth-order valence-corrected chi connectivity index (χ4v) is 5.48. The zero-order valence-corrected chi connectivity index (χ0v) is 21.5. The van der Waals surface area contributed by atoms with Gasteiger partial charge in [0.15, 0.2) is 0 Å². The van der Waals surface area contributed by atoms with Crippen LogP contribution in [0.4, 0.5) is 11.4 Å². The Hall–Kier alpha value is -3.77. The molecule has 37 heavy (non-hydrogen) atoms. The number of nitrogens with zero attached hydrogens (tertiary/aromatic N) is 4. The van der Waals surface area contributed by atoms with E-state index in [0.29, 0.717) is 6.10 Å². The molecular formula is C31H33N5O. The summed E-state index contributed by atoms with van der Waals surface area (Å²) in [6, 6.07) is 19.2. The van der Waals surface area contributed by atoms with E-state index in [4.69, 9.17) is 14.7 Å². The number of ether oxygens (including phenoxy) is 1. The number of anilines is 2. The molecule has 1 aliphatic heterocycles. The molecule has 0 bridgehead atoms.